The second kappa shape index (κ2) is 13.5. The summed E-state index contributed by atoms with van der Waals surface area (Å²) >= 11 is 0. The van der Waals surface area contributed by atoms with Crippen LogP contribution in [-0.2, 0) is 4.79 Å². The zero-order chi connectivity index (χ0) is 25.8. The van der Waals surface area contributed by atoms with Crippen LogP contribution >= 0.6 is 0 Å². The van der Waals surface area contributed by atoms with Crippen LogP contribution in [0.1, 0.15) is 48.7 Å². The normalized spacial score (nSPS) is 11.1. The zero-order valence-corrected chi connectivity index (χ0v) is 19.8. The number of carbonyl (C=O) groups is 2. The van der Waals surface area contributed by atoms with E-state index in [0.29, 0.717) is 42.7 Å². The minimum Gasteiger partial charge on any atom is -0.497 e. The third-order valence-corrected chi connectivity index (χ3v) is 5.17. The summed E-state index contributed by atoms with van der Waals surface area (Å²) in [5, 5.41) is 23.4. The first-order valence-electron chi connectivity index (χ1n) is 11.1. The van der Waals surface area contributed by atoms with Gasteiger partial charge in [-0.2, -0.15) is 0 Å². The summed E-state index contributed by atoms with van der Waals surface area (Å²) in [6.07, 6.45) is 8.84. The number of carbonyl (C=O) groups excluding carboxylic acids is 2. The van der Waals surface area contributed by atoms with Crippen molar-refractivity contribution in [2.45, 2.75) is 32.6 Å². The Hall–Kier alpha value is -4.18. The monoisotopic (exact) mass is 482 g/mol. The molecule has 35 heavy (non-hydrogen) atoms. The number of hydroxylamine groups is 1. The van der Waals surface area contributed by atoms with Gasteiger partial charge in [-0.3, -0.25) is 24.9 Å². The van der Waals surface area contributed by atoms with Gasteiger partial charge in [0.05, 0.1) is 17.6 Å². The lowest BCUT2D eigenvalue weighted by Crippen LogP contribution is -2.25. The van der Waals surface area contributed by atoms with E-state index in [1.165, 1.54) is 7.11 Å². The summed E-state index contributed by atoms with van der Waals surface area (Å²) in [5.41, 5.74) is 2.50. The van der Waals surface area contributed by atoms with Crippen molar-refractivity contribution in [3.05, 3.63) is 76.5 Å². The molecule has 0 aliphatic carbocycles. The fraction of sp³-hybridized carbons (Fsp3) is 0.280. The van der Waals surface area contributed by atoms with Crippen LogP contribution in [-0.4, -0.2) is 40.6 Å². The number of aromatic amines is 1. The highest BCUT2D eigenvalue weighted by Crippen LogP contribution is 2.39. The molecule has 2 amide bonds. The van der Waals surface area contributed by atoms with Crippen molar-refractivity contribution < 1.29 is 24.5 Å². The van der Waals surface area contributed by atoms with Crippen molar-refractivity contribution in [2.24, 2.45) is 0 Å². The Balaban J connectivity index is 2.36. The van der Waals surface area contributed by atoms with Crippen LogP contribution in [0.3, 0.4) is 0 Å². The van der Waals surface area contributed by atoms with E-state index in [2.05, 4.69) is 16.9 Å². The molecular weight excluding hydrogens is 452 g/mol. The predicted molar refractivity (Wildman–Crippen MR) is 133 cm³/mol. The molecule has 0 saturated heterocycles. The van der Waals surface area contributed by atoms with E-state index in [4.69, 9.17) is 9.94 Å². The Kier molecular flexibility index (Phi) is 10.4. The van der Waals surface area contributed by atoms with Crippen LogP contribution in [0, 0.1) is 10.1 Å². The number of benzene rings is 1. The smallest absolute Gasteiger partial charge is 0.303 e. The second-order valence-electron chi connectivity index (χ2n) is 7.60. The number of nitro groups is 1. The summed E-state index contributed by atoms with van der Waals surface area (Å²) in [6.45, 7) is 6.11. The van der Waals surface area contributed by atoms with Gasteiger partial charge in [0.15, 0.2) is 0 Å². The van der Waals surface area contributed by atoms with Gasteiger partial charge < -0.3 is 15.0 Å². The number of hydrogen-bond donors (Lipinski definition) is 4. The van der Waals surface area contributed by atoms with Crippen molar-refractivity contribution >= 4 is 23.1 Å². The quantitative estimate of drug-likeness (QED) is 0.108. The predicted octanol–water partition coefficient (Wildman–Crippen LogP) is 4.54. The van der Waals surface area contributed by atoms with Gasteiger partial charge in [-0.15, -0.1) is 0 Å². The molecule has 4 N–H and O–H groups in total. The standard InChI is InChI=1S/C25H30N4O6/c1-4-5-7-10-17(2)21-23(25(31)26-16-9-6-8-11-20(30)28-32)27-22(24(21)29(33)34)18-12-14-19(35-3)15-13-18/h4-5,7,10,12-15,27,32H,2,6,8-9,11,16H2,1,3H3,(H,26,31)(H,28,30)/b5-4-,10-7-. The second-order valence-corrected chi connectivity index (χ2v) is 7.60. The molecule has 0 radical (unpaired) electrons. The number of allylic oxidation sites excluding steroid dienone is 5. The van der Waals surface area contributed by atoms with Gasteiger partial charge in [0.25, 0.3) is 5.91 Å². The van der Waals surface area contributed by atoms with Gasteiger partial charge in [-0.25, -0.2) is 5.48 Å². The minimum atomic E-state index is -0.525. The Morgan fingerprint density at radius 3 is 2.51 bits per heavy atom. The number of methoxy groups -OCH3 is 1. The van der Waals surface area contributed by atoms with Gasteiger partial charge in [-0.1, -0.05) is 37.3 Å². The number of ether oxygens (including phenoxy) is 1. The number of aromatic nitrogens is 1. The molecule has 0 bridgehead atoms. The van der Waals surface area contributed by atoms with E-state index in [1.807, 2.05) is 6.92 Å². The largest absolute Gasteiger partial charge is 0.497 e. The third kappa shape index (κ3) is 7.41. The summed E-state index contributed by atoms with van der Waals surface area (Å²) in [4.78, 5) is 38.6. The lowest BCUT2D eigenvalue weighted by atomic mass is 10.0. The van der Waals surface area contributed by atoms with Crippen LogP contribution in [0.4, 0.5) is 5.69 Å². The molecule has 0 fully saturated rings. The molecule has 0 aliphatic rings. The number of rotatable bonds is 13. The van der Waals surface area contributed by atoms with Crippen LogP contribution in [0.25, 0.3) is 16.8 Å². The maximum Gasteiger partial charge on any atom is 0.303 e. The summed E-state index contributed by atoms with van der Waals surface area (Å²) in [7, 11) is 1.52. The fourth-order valence-electron chi connectivity index (χ4n) is 3.42. The maximum absolute atomic E-state index is 13.0. The van der Waals surface area contributed by atoms with Crippen LogP contribution in [0.5, 0.6) is 5.75 Å². The summed E-state index contributed by atoms with van der Waals surface area (Å²) in [6, 6.07) is 6.70. The van der Waals surface area contributed by atoms with Crippen molar-refractivity contribution in [3.63, 3.8) is 0 Å². The highest BCUT2D eigenvalue weighted by Gasteiger charge is 2.31. The van der Waals surface area contributed by atoms with Gasteiger partial charge in [0.2, 0.25) is 5.91 Å². The average Bonchev–Trinajstić information content (AvgIpc) is 3.27. The molecule has 10 nitrogen and oxygen atoms in total. The van der Waals surface area contributed by atoms with E-state index >= 15 is 0 Å². The number of amides is 2. The SMILES string of the molecule is C=C(/C=C\C=C/C)c1c(C(=O)NCCCCCC(=O)NO)[nH]c(-c2ccc(OC)cc2)c1[N+](=O)[O-]. The Labute approximate surface area is 203 Å². The third-order valence-electron chi connectivity index (χ3n) is 5.17. The molecule has 1 heterocycles. The van der Waals surface area contributed by atoms with E-state index in [-0.39, 0.29) is 29.1 Å². The van der Waals surface area contributed by atoms with Crippen LogP contribution < -0.4 is 15.5 Å². The maximum atomic E-state index is 13.0. The fourth-order valence-corrected chi connectivity index (χ4v) is 3.42. The Morgan fingerprint density at radius 1 is 1.20 bits per heavy atom. The van der Waals surface area contributed by atoms with Gasteiger partial charge >= 0.3 is 5.69 Å². The van der Waals surface area contributed by atoms with Crippen molar-refractivity contribution in [2.75, 3.05) is 13.7 Å². The van der Waals surface area contributed by atoms with E-state index in [0.717, 1.165) is 0 Å². The molecule has 0 atom stereocenters. The molecule has 0 saturated carbocycles. The van der Waals surface area contributed by atoms with Crippen molar-refractivity contribution in [3.8, 4) is 17.0 Å². The Bertz CT molecular complexity index is 1120. The Morgan fingerprint density at radius 2 is 1.91 bits per heavy atom. The molecule has 2 rings (SSSR count). The average molecular weight is 483 g/mol. The van der Waals surface area contributed by atoms with E-state index in [9.17, 15) is 19.7 Å². The number of nitrogens with zero attached hydrogens (tertiary/aromatic N) is 1. The van der Waals surface area contributed by atoms with Gasteiger partial charge in [0, 0.05) is 18.5 Å². The first kappa shape index (κ1) is 27.1. The summed E-state index contributed by atoms with van der Waals surface area (Å²) < 4.78 is 5.16. The molecule has 1 aromatic heterocycles. The van der Waals surface area contributed by atoms with Crippen LogP contribution in [0.2, 0.25) is 0 Å². The van der Waals surface area contributed by atoms with Gasteiger partial charge in [-0.05, 0) is 49.6 Å². The van der Waals surface area contributed by atoms with E-state index < -0.39 is 16.7 Å². The zero-order valence-electron chi connectivity index (χ0n) is 19.8. The van der Waals surface area contributed by atoms with Crippen molar-refractivity contribution in [1.29, 1.82) is 0 Å². The topological polar surface area (TPSA) is 147 Å². The molecule has 2 aromatic rings. The molecule has 10 heteroatoms. The van der Waals surface area contributed by atoms with E-state index in [1.54, 1.807) is 54.0 Å². The number of nitrogens with one attached hydrogen (secondary N) is 3. The molecule has 0 spiro atoms. The molecule has 1 aromatic carbocycles. The highest BCUT2D eigenvalue weighted by molar-refractivity contribution is 6.03. The number of H-pyrrole nitrogens is 1. The molecule has 0 aliphatic heterocycles. The molecule has 0 unspecified atom stereocenters. The number of hydrogen-bond acceptors (Lipinski definition) is 6. The van der Waals surface area contributed by atoms with Gasteiger partial charge in [0.1, 0.15) is 17.1 Å². The summed E-state index contributed by atoms with van der Waals surface area (Å²) in [5.74, 6) is -0.374. The molecule has 186 valence electrons. The first-order chi connectivity index (χ1) is 16.8. The lowest BCUT2D eigenvalue weighted by Gasteiger charge is -2.06. The lowest BCUT2D eigenvalue weighted by molar-refractivity contribution is -0.384. The van der Waals surface area contributed by atoms with Crippen molar-refractivity contribution in [1.82, 2.24) is 15.8 Å². The highest BCUT2D eigenvalue weighted by atomic mass is 16.6. The molecular formula is C25H30N4O6. The minimum absolute atomic E-state index is 0.0392. The van der Waals surface area contributed by atoms with Crippen LogP contribution in [0.15, 0.2) is 55.1 Å². The number of unbranched alkanes of at least 4 members (excludes halogenated alkanes) is 2. The first-order valence-corrected chi connectivity index (χ1v) is 11.1.